The summed E-state index contributed by atoms with van der Waals surface area (Å²) in [5.74, 6) is 2.18. The Morgan fingerprint density at radius 1 is 1.10 bits per heavy atom. The molecule has 2 aromatic heterocycles. The third kappa shape index (κ3) is 5.79. The van der Waals surface area contributed by atoms with Crippen LogP contribution < -0.4 is 16.0 Å². The molecule has 0 spiro atoms. The van der Waals surface area contributed by atoms with Crippen LogP contribution in [0.2, 0.25) is 0 Å². The average molecular weight is 408 g/mol. The fraction of sp³-hybridized carbons (Fsp3) is 0.364. The van der Waals surface area contributed by atoms with Gasteiger partial charge in [0.1, 0.15) is 11.6 Å². The van der Waals surface area contributed by atoms with E-state index in [9.17, 15) is 4.79 Å². The number of pyridine rings is 1. The van der Waals surface area contributed by atoms with Crippen LogP contribution in [0.25, 0.3) is 11.0 Å². The number of benzene rings is 1. The molecule has 0 radical (unpaired) electrons. The Morgan fingerprint density at radius 2 is 1.90 bits per heavy atom. The molecular formula is C22H29N7O. The highest BCUT2D eigenvalue weighted by atomic mass is 16.1. The number of hydrogen-bond acceptors (Lipinski definition) is 4. The molecule has 8 heteroatoms. The lowest BCUT2D eigenvalue weighted by atomic mass is 10.3. The zero-order chi connectivity index (χ0) is 21.3. The largest absolute Gasteiger partial charge is 0.356 e. The van der Waals surface area contributed by atoms with Gasteiger partial charge in [-0.3, -0.25) is 9.79 Å². The maximum absolute atomic E-state index is 12.0. The molecule has 30 heavy (non-hydrogen) atoms. The molecule has 0 aliphatic heterocycles. The zero-order valence-electron chi connectivity index (χ0n) is 17.8. The molecule has 1 amide bonds. The maximum Gasteiger partial charge on any atom is 0.227 e. The number of nitrogens with one attached hydrogen (secondary N) is 3. The summed E-state index contributed by atoms with van der Waals surface area (Å²) in [5, 5.41) is 9.25. The highest BCUT2D eigenvalue weighted by Gasteiger charge is 2.07. The number of carbonyl (C=O) groups is 1. The summed E-state index contributed by atoms with van der Waals surface area (Å²) in [6, 6.07) is 11.9. The summed E-state index contributed by atoms with van der Waals surface area (Å²) >= 11 is 0. The molecule has 3 rings (SSSR count). The van der Waals surface area contributed by atoms with Crippen molar-refractivity contribution in [1.82, 2.24) is 25.2 Å². The second kappa shape index (κ2) is 10.4. The number of para-hydroxylation sites is 2. The Labute approximate surface area is 176 Å². The smallest absolute Gasteiger partial charge is 0.227 e. The molecule has 3 N–H and O–H groups in total. The molecule has 0 aliphatic carbocycles. The topological polar surface area (TPSA) is 96.2 Å². The molecule has 0 unspecified atom stereocenters. The predicted octanol–water partition coefficient (Wildman–Crippen LogP) is 2.63. The molecule has 3 aromatic rings. The van der Waals surface area contributed by atoms with Crippen molar-refractivity contribution in [3.8, 4) is 0 Å². The minimum Gasteiger partial charge on any atom is -0.356 e. The van der Waals surface area contributed by atoms with Gasteiger partial charge in [0, 0.05) is 39.3 Å². The van der Waals surface area contributed by atoms with Gasteiger partial charge >= 0.3 is 0 Å². The Hall–Kier alpha value is -3.42. The minimum absolute atomic E-state index is 0.0863. The number of imidazole rings is 1. The van der Waals surface area contributed by atoms with Gasteiger partial charge in [0.2, 0.25) is 5.91 Å². The number of rotatable bonds is 8. The van der Waals surface area contributed by atoms with Crippen molar-refractivity contribution >= 4 is 28.7 Å². The molecule has 2 heterocycles. The van der Waals surface area contributed by atoms with Crippen LogP contribution in [0.1, 0.15) is 24.2 Å². The number of hydrogen-bond donors (Lipinski definition) is 3. The van der Waals surface area contributed by atoms with Crippen LogP contribution in [0.4, 0.5) is 5.82 Å². The standard InChI is InChI=1S/C22H29N7O/c1-16-9-10-20(26-15-16)28-21(30)11-13-25-22(23-3)24-12-6-14-29-17(2)27-18-7-4-5-8-19(18)29/h4-5,7-10,15H,6,11-14H2,1-3H3,(H2,23,24,25)(H,26,28,30). The van der Waals surface area contributed by atoms with Gasteiger partial charge in [-0.2, -0.15) is 0 Å². The van der Waals surface area contributed by atoms with Gasteiger partial charge in [-0.15, -0.1) is 0 Å². The van der Waals surface area contributed by atoms with Crippen LogP contribution >= 0.6 is 0 Å². The van der Waals surface area contributed by atoms with Crippen molar-refractivity contribution in [3.05, 3.63) is 54.0 Å². The molecule has 158 valence electrons. The van der Waals surface area contributed by atoms with E-state index in [1.54, 1.807) is 19.3 Å². The molecule has 0 saturated carbocycles. The van der Waals surface area contributed by atoms with Crippen LogP contribution in [-0.4, -0.2) is 46.5 Å². The van der Waals surface area contributed by atoms with Gasteiger partial charge in [0.15, 0.2) is 5.96 Å². The molecule has 1 aromatic carbocycles. The van der Waals surface area contributed by atoms with Crippen molar-refractivity contribution in [2.45, 2.75) is 33.2 Å². The SMILES string of the molecule is CN=C(NCCCn1c(C)nc2ccccc21)NCCC(=O)Nc1ccc(C)cn1. The fourth-order valence-corrected chi connectivity index (χ4v) is 3.18. The lowest BCUT2D eigenvalue weighted by molar-refractivity contribution is -0.116. The number of aryl methyl sites for hydroxylation is 3. The van der Waals surface area contributed by atoms with Crippen LogP contribution in [0, 0.1) is 13.8 Å². The first kappa shape index (κ1) is 21.3. The monoisotopic (exact) mass is 407 g/mol. The molecule has 0 fully saturated rings. The van der Waals surface area contributed by atoms with Crippen molar-refractivity contribution in [1.29, 1.82) is 0 Å². The van der Waals surface area contributed by atoms with Crippen molar-refractivity contribution < 1.29 is 4.79 Å². The van der Waals surface area contributed by atoms with E-state index in [-0.39, 0.29) is 5.91 Å². The first-order chi connectivity index (χ1) is 14.6. The molecule has 0 aliphatic rings. The Balaban J connectivity index is 1.37. The minimum atomic E-state index is -0.0863. The second-order valence-electron chi connectivity index (χ2n) is 7.10. The first-order valence-corrected chi connectivity index (χ1v) is 10.2. The Kier molecular flexibility index (Phi) is 7.37. The third-order valence-corrected chi connectivity index (χ3v) is 4.74. The first-order valence-electron chi connectivity index (χ1n) is 10.2. The highest BCUT2D eigenvalue weighted by molar-refractivity contribution is 5.90. The van der Waals surface area contributed by atoms with Gasteiger partial charge in [0.25, 0.3) is 0 Å². The Morgan fingerprint density at radius 3 is 2.67 bits per heavy atom. The lowest BCUT2D eigenvalue weighted by Gasteiger charge is -2.12. The molecule has 0 saturated heterocycles. The predicted molar refractivity (Wildman–Crippen MR) is 121 cm³/mol. The number of guanidine groups is 1. The highest BCUT2D eigenvalue weighted by Crippen LogP contribution is 2.15. The van der Waals surface area contributed by atoms with Gasteiger partial charge < -0.3 is 20.5 Å². The van der Waals surface area contributed by atoms with Crippen molar-refractivity contribution in [2.24, 2.45) is 4.99 Å². The van der Waals surface area contributed by atoms with E-state index < -0.39 is 0 Å². The lowest BCUT2D eigenvalue weighted by Crippen LogP contribution is -2.39. The van der Waals surface area contributed by atoms with Gasteiger partial charge in [-0.1, -0.05) is 18.2 Å². The molecular weight excluding hydrogens is 378 g/mol. The number of aromatic nitrogens is 3. The average Bonchev–Trinajstić information content (AvgIpc) is 3.06. The maximum atomic E-state index is 12.0. The van der Waals surface area contributed by atoms with E-state index in [0.717, 1.165) is 41.9 Å². The summed E-state index contributed by atoms with van der Waals surface area (Å²) in [4.78, 5) is 25.0. The van der Waals surface area contributed by atoms with Gasteiger partial charge in [-0.05, 0) is 44.0 Å². The van der Waals surface area contributed by atoms with Gasteiger partial charge in [-0.25, -0.2) is 9.97 Å². The number of fused-ring (bicyclic) bond motifs is 1. The van der Waals surface area contributed by atoms with E-state index in [2.05, 4.69) is 41.5 Å². The van der Waals surface area contributed by atoms with Gasteiger partial charge in [0.05, 0.1) is 11.0 Å². The summed E-state index contributed by atoms with van der Waals surface area (Å²) < 4.78 is 2.23. The molecule has 0 atom stereocenters. The van der Waals surface area contributed by atoms with Crippen LogP contribution in [-0.2, 0) is 11.3 Å². The van der Waals surface area contributed by atoms with E-state index in [4.69, 9.17) is 0 Å². The fourth-order valence-electron chi connectivity index (χ4n) is 3.18. The third-order valence-electron chi connectivity index (χ3n) is 4.74. The number of nitrogens with zero attached hydrogens (tertiary/aromatic N) is 4. The summed E-state index contributed by atoms with van der Waals surface area (Å²) in [7, 11) is 1.72. The van der Waals surface area contributed by atoms with Crippen molar-refractivity contribution in [3.63, 3.8) is 0 Å². The summed E-state index contributed by atoms with van der Waals surface area (Å²) in [6.07, 6.45) is 2.99. The summed E-state index contributed by atoms with van der Waals surface area (Å²) in [5.41, 5.74) is 3.24. The zero-order valence-corrected chi connectivity index (χ0v) is 17.8. The normalized spacial score (nSPS) is 11.5. The number of anilines is 1. The Bertz CT molecular complexity index is 1010. The number of aliphatic imine (C=N–C) groups is 1. The van der Waals surface area contributed by atoms with Crippen molar-refractivity contribution in [2.75, 3.05) is 25.5 Å². The van der Waals surface area contributed by atoms with Crippen LogP contribution in [0.5, 0.6) is 0 Å². The van der Waals surface area contributed by atoms with E-state index in [0.29, 0.717) is 24.7 Å². The number of amides is 1. The van der Waals surface area contributed by atoms with E-state index >= 15 is 0 Å². The number of carbonyl (C=O) groups excluding carboxylic acids is 1. The second-order valence-corrected chi connectivity index (χ2v) is 7.10. The van der Waals surface area contributed by atoms with E-state index in [1.165, 1.54) is 0 Å². The summed E-state index contributed by atoms with van der Waals surface area (Å²) in [6.45, 7) is 6.13. The molecule has 8 nitrogen and oxygen atoms in total. The van der Waals surface area contributed by atoms with E-state index in [1.807, 2.05) is 38.1 Å². The van der Waals surface area contributed by atoms with Crippen LogP contribution in [0.15, 0.2) is 47.6 Å². The molecule has 0 bridgehead atoms. The quantitative estimate of drug-likeness (QED) is 0.303. The van der Waals surface area contributed by atoms with Crippen LogP contribution in [0.3, 0.4) is 0 Å².